The molecule has 1 saturated heterocycles. The van der Waals surface area contributed by atoms with Crippen LogP contribution in [0.3, 0.4) is 0 Å². The Morgan fingerprint density at radius 2 is 2.32 bits per heavy atom. The molecular weight excluding hydrogens is 310 g/mol. The molecule has 2 rings (SSSR count). The lowest BCUT2D eigenvalue weighted by Crippen LogP contribution is -2.24. The molecule has 1 heterocycles. The van der Waals surface area contributed by atoms with E-state index in [4.69, 9.17) is 0 Å². The number of rotatable bonds is 5. The van der Waals surface area contributed by atoms with E-state index in [1.807, 2.05) is 13.1 Å². The van der Waals surface area contributed by atoms with Gasteiger partial charge >= 0.3 is 0 Å². The molecule has 0 amide bonds. The minimum atomic E-state index is -0.345. The van der Waals surface area contributed by atoms with Gasteiger partial charge in [0.15, 0.2) is 0 Å². The summed E-state index contributed by atoms with van der Waals surface area (Å²) in [5, 5.41) is 14.0. The number of nitrogens with one attached hydrogen (secondary N) is 1. The van der Waals surface area contributed by atoms with Gasteiger partial charge in [-0.15, -0.1) is 0 Å². The third-order valence-electron chi connectivity index (χ3n) is 3.42. The maximum atomic E-state index is 10.8. The van der Waals surface area contributed by atoms with Gasteiger partial charge in [-0.2, -0.15) is 0 Å². The van der Waals surface area contributed by atoms with E-state index in [-0.39, 0.29) is 10.6 Å². The lowest BCUT2D eigenvalue weighted by molar-refractivity contribution is -0.385. The topological polar surface area (TPSA) is 58.4 Å². The molecule has 1 aliphatic rings. The van der Waals surface area contributed by atoms with Crippen LogP contribution in [0.15, 0.2) is 22.7 Å². The number of nitro groups is 1. The molecule has 0 saturated carbocycles. The first kappa shape index (κ1) is 14.4. The van der Waals surface area contributed by atoms with E-state index in [0.717, 1.165) is 36.2 Å². The van der Waals surface area contributed by atoms with Gasteiger partial charge in [0.25, 0.3) is 5.69 Å². The van der Waals surface area contributed by atoms with Crippen LogP contribution in [0.2, 0.25) is 0 Å². The molecule has 1 atom stereocenters. The normalized spacial score (nSPS) is 19.8. The molecular formula is C13H18BrN3O2. The highest BCUT2D eigenvalue weighted by Crippen LogP contribution is 2.24. The zero-order valence-electron chi connectivity index (χ0n) is 10.9. The van der Waals surface area contributed by atoms with Crippen LogP contribution in [0.5, 0.6) is 0 Å². The number of nitro benzene ring substituents is 1. The monoisotopic (exact) mass is 327 g/mol. The van der Waals surface area contributed by atoms with Crippen molar-refractivity contribution in [1.29, 1.82) is 0 Å². The summed E-state index contributed by atoms with van der Waals surface area (Å²) < 4.78 is 0.766. The van der Waals surface area contributed by atoms with Gasteiger partial charge in [-0.1, -0.05) is 15.9 Å². The molecule has 1 fully saturated rings. The second-order valence-corrected chi connectivity index (χ2v) is 5.94. The van der Waals surface area contributed by atoms with Gasteiger partial charge in [0.2, 0.25) is 0 Å². The first-order valence-corrected chi connectivity index (χ1v) is 7.18. The maximum Gasteiger partial charge on any atom is 0.270 e. The number of benzene rings is 1. The highest BCUT2D eigenvalue weighted by Gasteiger charge is 2.22. The van der Waals surface area contributed by atoms with Gasteiger partial charge in [-0.3, -0.25) is 15.0 Å². The predicted molar refractivity (Wildman–Crippen MR) is 78.1 cm³/mol. The SMILES string of the molecule is CNCC1CCN(Cc2cc(Br)cc([N+](=O)[O-])c2)C1. The van der Waals surface area contributed by atoms with Crippen LogP contribution in [-0.2, 0) is 6.54 Å². The standard InChI is InChI=1S/C13H18BrN3O2/c1-15-7-10-2-3-16(8-10)9-11-4-12(14)6-13(5-11)17(18)19/h4-6,10,15H,2-3,7-9H2,1H3. The van der Waals surface area contributed by atoms with Crippen LogP contribution < -0.4 is 5.32 Å². The third-order valence-corrected chi connectivity index (χ3v) is 3.88. The fraction of sp³-hybridized carbons (Fsp3) is 0.538. The zero-order chi connectivity index (χ0) is 13.8. The molecule has 19 heavy (non-hydrogen) atoms. The molecule has 1 aromatic rings. The average Bonchev–Trinajstić information content (AvgIpc) is 2.76. The highest BCUT2D eigenvalue weighted by molar-refractivity contribution is 9.10. The number of halogens is 1. The van der Waals surface area contributed by atoms with E-state index in [1.54, 1.807) is 6.07 Å². The fourth-order valence-electron chi connectivity index (χ4n) is 2.60. The summed E-state index contributed by atoms with van der Waals surface area (Å²) in [6.07, 6.45) is 1.19. The highest BCUT2D eigenvalue weighted by atomic mass is 79.9. The van der Waals surface area contributed by atoms with Crippen molar-refractivity contribution in [3.8, 4) is 0 Å². The van der Waals surface area contributed by atoms with Crippen LogP contribution in [0.25, 0.3) is 0 Å². The van der Waals surface area contributed by atoms with Gasteiger partial charge in [0, 0.05) is 29.7 Å². The van der Waals surface area contributed by atoms with Crippen molar-refractivity contribution in [2.24, 2.45) is 5.92 Å². The van der Waals surface area contributed by atoms with Crippen molar-refractivity contribution in [3.63, 3.8) is 0 Å². The largest absolute Gasteiger partial charge is 0.319 e. The zero-order valence-corrected chi connectivity index (χ0v) is 12.5. The second kappa shape index (κ2) is 6.45. The number of nitrogens with zero attached hydrogens (tertiary/aromatic N) is 2. The number of hydrogen-bond donors (Lipinski definition) is 1. The van der Waals surface area contributed by atoms with Gasteiger partial charge in [0.1, 0.15) is 0 Å². The summed E-state index contributed by atoms with van der Waals surface area (Å²) in [5.41, 5.74) is 1.14. The van der Waals surface area contributed by atoms with Crippen molar-refractivity contribution in [3.05, 3.63) is 38.3 Å². The summed E-state index contributed by atoms with van der Waals surface area (Å²) in [6, 6.07) is 5.16. The second-order valence-electron chi connectivity index (χ2n) is 5.02. The van der Waals surface area contributed by atoms with Crippen LogP contribution in [0, 0.1) is 16.0 Å². The Balaban J connectivity index is 2.01. The summed E-state index contributed by atoms with van der Waals surface area (Å²) >= 11 is 3.33. The van der Waals surface area contributed by atoms with Crippen molar-refractivity contribution < 1.29 is 4.92 Å². The Morgan fingerprint density at radius 3 is 3.00 bits per heavy atom. The first-order chi connectivity index (χ1) is 9.08. The number of non-ortho nitro benzene ring substituents is 1. The number of hydrogen-bond acceptors (Lipinski definition) is 4. The quantitative estimate of drug-likeness (QED) is 0.666. The molecule has 0 spiro atoms. The third kappa shape index (κ3) is 3.99. The van der Waals surface area contributed by atoms with E-state index < -0.39 is 0 Å². The molecule has 0 aromatic heterocycles. The fourth-order valence-corrected chi connectivity index (χ4v) is 3.13. The summed E-state index contributed by atoms with van der Waals surface area (Å²) in [4.78, 5) is 12.9. The van der Waals surface area contributed by atoms with Gasteiger partial charge < -0.3 is 5.32 Å². The lowest BCUT2D eigenvalue weighted by Gasteiger charge is -2.16. The molecule has 104 valence electrons. The molecule has 1 N–H and O–H groups in total. The molecule has 5 nitrogen and oxygen atoms in total. The molecule has 6 heteroatoms. The minimum Gasteiger partial charge on any atom is -0.319 e. The summed E-state index contributed by atoms with van der Waals surface area (Å²) in [7, 11) is 1.97. The van der Waals surface area contributed by atoms with E-state index in [2.05, 4.69) is 26.1 Å². The Morgan fingerprint density at radius 1 is 1.53 bits per heavy atom. The van der Waals surface area contributed by atoms with Crippen LogP contribution in [0.4, 0.5) is 5.69 Å². The molecule has 0 bridgehead atoms. The van der Waals surface area contributed by atoms with Gasteiger partial charge in [-0.05, 0) is 44.1 Å². The molecule has 1 aromatic carbocycles. The van der Waals surface area contributed by atoms with Crippen LogP contribution in [-0.4, -0.2) is 36.5 Å². The maximum absolute atomic E-state index is 10.8. The van der Waals surface area contributed by atoms with Crippen molar-refractivity contribution in [2.45, 2.75) is 13.0 Å². The molecule has 0 aliphatic carbocycles. The lowest BCUT2D eigenvalue weighted by atomic mass is 10.1. The van der Waals surface area contributed by atoms with Crippen molar-refractivity contribution in [2.75, 3.05) is 26.7 Å². The smallest absolute Gasteiger partial charge is 0.270 e. The Bertz CT molecular complexity index is 467. The summed E-state index contributed by atoms with van der Waals surface area (Å²) in [6.45, 7) is 3.93. The molecule has 0 radical (unpaired) electrons. The average molecular weight is 328 g/mol. The number of likely N-dealkylation sites (tertiary alicyclic amines) is 1. The van der Waals surface area contributed by atoms with E-state index in [0.29, 0.717) is 5.92 Å². The Labute approximate surface area is 121 Å². The molecule has 1 aliphatic heterocycles. The van der Waals surface area contributed by atoms with Crippen molar-refractivity contribution in [1.82, 2.24) is 10.2 Å². The van der Waals surface area contributed by atoms with E-state index in [9.17, 15) is 10.1 Å². The van der Waals surface area contributed by atoms with Crippen LogP contribution in [0.1, 0.15) is 12.0 Å². The van der Waals surface area contributed by atoms with E-state index >= 15 is 0 Å². The minimum absolute atomic E-state index is 0.148. The first-order valence-electron chi connectivity index (χ1n) is 6.39. The Kier molecular flexibility index (Phi) is 4.90. The van der Waals surface area contributed by atoms with Crippen molar-refractivity contribution >= 4 is 21.6 Å². The van der Waals surface area contributed by atoms with Gasteiger partial charge in [0.05, 0.1) is 4.92 Å². The Hall–Kier alpha value is -0.980. The molecule has 1 unspecified atom stereocenters. The summed E-state index contributed by atoms with van der Waals surface area (Å²) in [5.74, 6) is 0.687. The predicted octanol–water partition coefficient (Wildman–Crippen LogP) is 2.40. The van der Waals surface area contributed by atoms with Gasteiger partial charge in [-0.25, -0.2) is 0 Å². The van der Waals surface area contributed by atoms with Crippen LogP contribution >= 0.6 is 15.9 Å². The van der Waals surface area contributed by atoms with E-state index in [1.165, 1.54) is 12.5 Å².